The summed E-state index contributed by atoms with van der Waals surface area (Å²) in [5.41, 5.74) is 0.522. The summed E-state index contributed by atoms with van der Waals surface area (Å²) in [6, 6.07) is 8.63. The molecule has 5 nitrogen and oxygen atoms in total. The van der Waals surface area contributed by atoms with Gasteiger partial charge in [-0.25, -0.2) is 4.79 Å². The van der Waals surface area contributed by atoms with Crippen molar-refractivity contribution in [3.8, 4) is 11.8 Å². The van der Waals surface area contributed by atoms with Gasteiger partial charge in [0.25, 0.3) is 0 Å². The maximum atomic E-state index is 10.4. The van der Waals surface area contributed by atoms with Crippen molar-refractivity contribution in [1.29, 1.82) is 5.26 Å². The van der Waals surface area contributed by atoms with Crippen LogP contribution in [-0.2, 0) is 9.53 Å². The van der Waals surface area contributed by atoms with E-state index in [2.05, 4.69) is 0 Å². The number of hydrogen-bond acceptors (Lipinski definition) is 4. The minimum Gasteiger partial charge on any atom is -0.481 e. The van der Waals surface area contributed by atoms with Gasteiger partial charge in [0.05, 0.1) is 6.07 Å². The summed E-state index contributed by atoms with van der Waals surface area (Å²) in [6.45, 7) is -0.446. The molecule has 1 atom stereocenters. The van der Waals surface area contributed by atoms with Crippen LogP contribution in [0.1, 0.15) is 11.7 Å². The van der Waals surface area contributed by atoms with Crippen molar-refractivity contribution in [2.45, 2.75) is 6.10 Å². The third kappa shape index (κ3) is 2.97. The summed E-state index contributed by atoms with van der Waals surface area (Å²) >= 11 is 0. The number of ether oxygens (including phenoxy) is 2. The molecule has 0 fully saturated rings. The predicted molar refractivity (Wildman–Crippen MR) is 54.9 cm³/mol. The highest BCUT2D eigenvalue weighted by Crippen LogP contribution is 2.26. The number of nitrogens with zero attached hydrogens (tertiary/aromatic N) is 1. The molecule has 5 heteroatoms. The lowest BCUT2D eigenvalue weighted by Gasteiger charge is -2.12. The molecule has 1 unspecified atom stereocenters. The standard InChI is InChI=1S/C11H11NO4/c1-15-10(6-12)8-4-2-3-5-9(8)16-7-11(13)14/h2-5,10H,7H2,1H3,(H,13,14). The largest absolute Gasteiger partial charge is 0.481 e. The fourth-order valence-electron chi connectivity index (χ4n) is 1.22. The van der Waals surface area contributed by atoms with Crippen molar-refractivity contribution >= 4 is 5.97 Å². The molecule has 0 amide bonds. The van der Waals surface area contributed by atoms with Gasteiger partial charge < -0.3 is 14.6 Å². The molecule has 16 heavy (non-hydrogen) atoms. The number of aliphatic carboxylic acids is 1. The number of hydrogen-bond donors (Lipinski definition) is 1. The van der Waals surface area contributed by atoms with Crippen molar-refractivity contribution in [2.24, 2.45) is 0 Å². The van der Waals surface area contributed by atoms with Gasteiger partial charge in [0, 0.05) is 12.7 Å². The summed E-state index contributed by atoms with van der Waals surface area (Å²) in [5.74, 6) is -0.723. The van der Waals surface area contributed by atoms with Gasteiger partial charge in [0.2, 0.25) is 0 Å². The average Bonchev–Trinajstić information content (AvgIpc) is 2.29. The first kappa shape index (κ1) is 12.0. The van der Waals surface area contributed by atoms with Crippen LogP contribution >= 0.6 is 0 Å². The number of nitriles is 1. The monoisotopic (exact) mass is 221 g/mol. The molecule has 0 aliphatic rings. The van der Waals surface area contributed by atoms with Crippen LogP contribution in [0.15, 0.2) is 24.3 Å². The molecule has 0 spiro atoms. The fourth-order valence-corrected chi connectivity index (χ4v) is 1.22. The van der Waals surface area contributed by atoms with Crippen LogP contribution in [0.5, 0.6) is 5.75 Å². The molecule has 1 aromatic rings. The Balaban J connectivity index is 2.91. The SMILES string of the molecule is COC(C#N)c1ccccc1OCC(=O)O. The summed E-state index contributed by atoms with van der Waals surface area (Å²) in [5, 5.41) is 17.3. The normalized spacial score (nSPS) is 11.5. The number of methoxy groups -OCH3 is 1. The van der Waals surface area contributed by atoms with E-state index in [1.165, 1.54) is 7.11 Å². The first-order valence-electron chi connectivity index (χ1n) is 4.55. The molecule has 0 aliphatic heterocycles. The molecular weight excluding hydrogens is 210 g/mol. The Morgan fingerprint density at radius 3 is 2.81 bits per heavy atom. The highest BCUT2D eigenvalue weighted by atomic mass is 16.5. The lowest BCUT2D eigenvalue weighted by molar-refractivity contribution is -0.139. The highest BCUT2D eigenvalue weighted by Gasteiger charge is 2.14. The van der Waals surface area contributed by atoms with E-state index in [4.69, 9.17) is 19.8 Å². The van der Waals surface area contributed by atoms with E-state index in [1.54, 1.807) is 24.3 Å². The third-order valence-corrected chi connectivity index (χ3v) is 1.91. The lowest BCUT2D eigenvalue weighted by Crippen LogP contribution is -2.11. The second-order valence-electron chi connectivity index (χ2n) is 2.97. The van der Waals surface area contributed by atoms with Crippen LogP contribution in [0, 0.1) is 11.3 Å². The van der Waals surface area contributed by atoms with Gasteiger partial charge in [0.15, 0.2) is 12.7 Å². The van der Waals surface area contributed by atoms with E-state index in [0.717, 1.165) is 0 Å². The Morgan fingerprint density at radius 1 is 1.56 bits per heavy atom. The number of carboxylic acids is 1. The molecule has 0 saturated carbocycles. The van der Waals surface area contributed by atoms with Crippen LogP contribution < -0.4 is 4.74 Å². The first-order chi connectivity index (χ1) is 7.69. The van der Waals surface area contributed by atoms with Crippen LogP contribution in [-0.4, -0.2) is 24.8 Å². The Morgan fingerprint density at radius 2 is 2.25 bits per heavy atom. The van der Waals surface area contributed by atoms with Crippen molar-refractivity contribution in [3.63, 3.8) is 0 Å². The van der Waals surface area contributed by atoms with E-state index in [9.17, 15) is 4.79 Å². The van der Waals surface area contributed by atoms with Crippen LogP contribution in [0.2, 0.25) is 0 Å². The molecule has 1 rings (SSSR count). The van der Waals surface area contributed by atoms with Crippen molar-refractivity contribution < 1.29 is 19.4 Å². The Kier molecular flexibility index (Phi) is 4.30. The van der Waals surface area contributed by atoms with Gasteiger partial charge in [0.1, 0.15) is 5.75 Å². The lowest BCUT2D eigenvalue weighted by atomic mass is 10.1. The topological polar surface area (TPSA) is 79.5 Å². The molecule has 0 aromatic heterocycles. The zero-order valence-electron chi connectivity index (χ0n) is 8.71. The van der Waals surface area contributed by atoms with E-state index < -0.39 is 18.7 Å². The number of carboxylic acid groups (broad SMARTS) is 1. The van der Waals surface area contributed by atoms with Gasteiger partial charge in [-0.1, -0.05) is 18.2 Å². The Hall–Kier alpha value is -2.06. The average molecular weight is 221 g/mol. The zero-order valence-corrected chi connectivity index (χ0v) is 8.71. The zero-order chi connectivity index (χ0) is 12.0. The van der Waals surface area contributed by atoms with Gasteiger partial charge in [-0.05, 0) is 6.07 Å². The maximum Gasteiger partial charge on any atom is 0.341 e. The fraction of sp³-hybridized carbons (Fsp3) is 0.273. The van der Waals surface area contributed by atoms with Crippen molar-refractivity contribution in [3.05, 3.63) is 29.8 Å². The molecular formula is C11H11NO4. The smallest absolute Gasteiger partial charge is 0.341 e. The summed E-state index contributed by atoms with van der Waals surface area (Å²) in [4.78, 5) is 10.4. The molecule has 0 heterocycles. The Labute approximate surface area is 92.8 Å². The van der Waals surface area contributed by atoms with Crippen LogP contribution in [0.3, 0.4) is 0 Å². The van der Waals surface area contributed by atoms with E-state index >= 15 is 0 Å². The molecule has 0 saturated heterocycles. The molecule has 1 aromatic carbocycles. The molecule has 1 N–H and O–H groups in total. The molecule has 0 aliphatic carbocycles. The number of carbonyl (C=O) groups is 1. The number of benzene rings is 1. The van der Waals surface area contributed by atoms with Crippen LogP contribution in [0.25, 0.3) is 0 Å². The second kappa shape index (κ2) is 5.73. The highest BCUT2D eigenvalue weighted by molar-refractivity contribution is 5.68. The summed E-state index contributed by atoms with van der Waals surface area (Å²) in [6.07, 6.45) is -0.759. The quantitative estimate of drug-likeness (QED) is 0.812. The summed E-state index contributed by atoms with van der Waals surface area (Å²) in [7, 11) is 1.40. The Bertz CT molecular complexity index is 411. The van der Waals surface area contributed by atoms with Gasteiger partial charge >= 0.3 is 5.97 Å². The minimum atomic E-state index is -1.07. The van der Waals surface area contributed by atoms with E-state index in [-0.39, 0.29) is 0 Å². The number of rotatable bonds is 5. The molecule has 84 valence electrons. The maximum absolute atomic E-state index is 10.4. The van der Waals surface area contributed by atoms with Crippen molar-refractivity contribution in [1.82, 2.24) is 0 Å². The van der Waals surface area contributed by atoms with E-state index in [1.807, 2.05) is 6.07 Å². The van der Waals surface area contributed by atoms with Gasteiger partial charge in [-0.2, -0.15) is 5.26 Å². The predicted octanol–water partition coefficient (Wildman–Crippen LogP) is 1.36. The third-order valence-electron chi connectivity index (χ3n) is 1.91. The van der Waals surface area contributed by atoms with E-state index in [0.29, 0.717) is 11.3 Å². The molecule has 0 bridgehead atoms. The van der Waals surface area contributed by atoms with Crippen molar-refractivity contribution in [2.75, 3.05) is 13.7 Å². The summed E-state index contributed by atoms with van der Waals surface area (Å²) < 4.78 is 10.00. The first-order valence-corrected chi connectivity index (χ1v) is 4.55. The minimum absolute atomic E-state index is 0.346. The number of para-hydroxylation sites is 1. The van der Waals surface area contributed by atoms with Crippen LogP contribution in [0.4, 0.5) is 0 Å². The van der Waals surface area contributed by atoms with Gasteiger partial charge in [-0.3, -0.25) is 0 Å². The van der Waals surface area contributed by atoms with Gasteiger partial charge in [-0.15, -0.1) is 0 Å². The second-order valence-corrected chi connectivity index (χ2v) is 2.97. The molecule has 0 radical (unpaired) electrons.